The number of fused-ring (bicyclic) bond motifs is 1. The van der Waals surface area contributed by atoms with Crippen molar-refractivity contribution in [2.75, 3.05) is 0 Å². The molecule has 1 saturated carbocycles. The number of aromatic nitrogens is 1. The van der Waals surface area contributed by atoms with Crippen LogP contribution in [0.5, 0.6) is 5.75 Å². The summed E-state index contributed by atoms with van der Waals surface area (Å²) in [6.07, 6.45) is 5.90. The molecular weight excluding hydrogens is 454 g/mol. The van der Waals surface area contributed by atoms with E-state index in [2.05, 4.69) is 29.5 Å². The Kier molecular flexibility index (Phi) is 6.01. The number of nitrogens with zero attached hydrogens (tertiary/aromatic N) is 2. The molecule has 0 spiro atoms. The fourth-order valence-electron chi connectivity index (χ4n) is 5.65. The zero-order valence-electron chi connectivity index (χ0n) is 21.4. The smallest absolute Gasteiger partial charge is 0.232 e. The second-order valence-electron chi connectivity index (χ2n) is 11.2. The lowest BCUT2D eigenvalue weighted by atomic mass is 9.86. The molecule has 8 heteroatoms. The molecule has 1 saturated heterocycles. The number of pyridine rings is 1. The molecule has 2 amide bonds. The number of nitrogens with one attached hydrogen (secondary N) is 3. The minimum atomic E-state index is -0.479. The Labute approximate surface area is 212 Å². The summed E-state index contributed by atoms with van der Waals surface area (Å²) in [5.41, 5.74) is 1.01. The first-order valence-electron chi connectivity index (χ1n) is 12.8. The van der Waals surface area contributed by atoms with Crippen molar-refractivity contribution in [2.24, 2.45) is 11.8 Å². The zero-order chi connectivity index (χ0) is 25.7. The molecule has 2 fully saturated rings. The number of hydrogen-bond acceptors (Lipinski definition) is 5. The quantitative estimate of drug-likeness (QED) is 0.566. The van der Waals surface area contributed by atoms with Crippen molar-refractivity contribution >= 4 is 17.8 Å². The predicted octanol–water partition coefficient (Wildman–Crippen LogP) is 4.10. The SMILES string of the molecule is CCC1(C)CC(NC(=O)[C@@H]2C[C@H]2[C@@H](c2cccnc2)N2C(=N)NC(C)(C)CC2=O)c2ccccc2O1. The van der Waals surface area contributed by atoms with Crippen molar-refractivity contribution < 1.29 is 14.3 Å². The molecule has 2 aliphatic heterocycles. The molecule has 1 aliphatic carbocycles. The lowest BCUT2D eigenvalue weighted by molar-refractivity contribution is -0.133. The summed E-state index contributed by atoms with van der Waals surface area (Å²) < 4.78 is 6.26. The van der Waals surface area contributed by atoms with Crippen molar-refractivity contribution in [3.8, 4) is 5.75 Å². The lowest BCUT2D eigenvalue weighted by Gasteiger charge is -2.42. The number of hydrogen-bond donors (Lipinski definition) is 3. The van der Waals surface area contributed by atoms with Gasteiger partial charge >= 0.3 is 0 Å². The highest BCUT2D eigenvalue weighted by molar-refractivity contribution is 5.99. The van der Waals surface area contributed by atoms with Crippen LogP contribution in [0, 0.1) is 17.2 Å². The average Bonchev–Trinajstić information content (AvgIpc) is 3.62. The lowest BCUT2D eigenvalue weighted by Crippen LogP contribution is -2.60. The third-order valence-corrected chi connectivity index (χ3v) is 7.80. The summed E-state index contributed by atoms with van der Waals surface area (Å²) in [7, 11) is 0. The Balaban J connectivity index is 1.38. The fourth-order valence-corrected chi connectivity index (χ4v) is 5.65. The fraction of sp³-hybridized carbons (Fsp3) is 0.500. The van der Waals surface area contributed by atoms with Crippen LogP contribution in [0.25, 0.3) is 0 Å². The Morgan fingerprint density at radius 1 is 1.28 bits per heavy atom. The molecule has 2 aromatic rings. The monoisotopic (exact) mass is 489 g/mol. The number of rotatable bonds is 6. The number of carbonyl (C=O) groups is 2. The van der Waals surface area contributed by atoms with Gasteiger partial charge in [-0.25, -0.2) is 0 Å². The molecule has 190 valence electrons. The average molecular weight is 490 g/mol. The van der Waals surface area contributed by atoms with Gasteiger partial charge in [-0.2, -0.15) is 0 Å². The summed E-state index contributed by atoms with van der Waals surface area (Å²) in [6.45, 7) is 8.02. The number of benzene rings is 1. The van der Waals surface area contributed by atoms with Gasteiger partial charge in [0.25, 0.3) is 0 Å². The highest BCUT2D eigenvalue weighted by Gasteiger charge is 2.54. The molecule has 5 rings (SSSR count). The van der Waals surface area contributed by atoms with Gasteiger partial charge in [0.05, 0.1) is 12.1 Å². The normalized spacial score (nSPS) is 29.4. The number of para-hydroxylation sites is 1. The minimum Gasteiger partial charge on any atom is -0.487 e. The summed E-state index contributed by atoms with van der Waals surface area (Å²) in [5, 5.41) is 15.1. The van der Waals surface area contributed by atoms with Crippen LogP contribution in [-0.2, 0) is 9.59 Å². The third-order valence-electron chi connectivity index (χ3n) is 7.80. The second-order valence-corrected chi connectivity index (χ2v) is 11.2. The van der Waals surface area contributed by atoms with Gasteiger partial charge < -0.3 is 15.4 Å². The molecule has 0 bridgehead atoms. The number of ether oxygens (including phenoxy) is 1. The van der Waals surface area contributed by atoms with Crippen LogP contribution in [0.3, 0.4) is 0 Å². The molecule has 0 radical (unpaired) electrons. The zero-order valence-corrected chi connectivity index (χ0v) is 21.4. The van der Waals surface area contributed by atoms with Crippen molar-refractivity contribution in [2.45, 2.75) is 76.6 Å². The van der Waals surface area contributed by atoms with E-state index in [9.17, 15) is 9.59 Å². The van der Waals surface area contributed by atoms with Crippen molar-refractivity contribution in [3.05, 3.63) is 59.9 Å². The third kappa shape index (κ3) is 4.56. The summed E-state index contributed by atoms with van der Waals surface area (Å²) in [5.74, 6) is 0.440. The van der Waals surface area contributed by atoms with E-state index in [0.29, 0.717) is 12.8 Å². The maximum atomic E-state index is 13.5. The summed E-state index contributed by atoms with van der Waals surface area (Å²) in [6, 6.07) is 11.1. The van der Waals surface area contributed by atoms with E-state index >= 15 is 0 Å². The van der Waals surface area contributed by atoms with Crippen LogP contribution >= 0.6 is 0 Å². The first-order valence-corrected chi connectivity index (χ1v) is 12.8. The van der Waals surface area contributed by atoms with Gasteiger partial charge in [-0.1, -0.05) is 31.2 Å². The highest BCUT2D eigenvalue weighted by Crippen LogP contribution is 2.51. The van der Waals surface area contributed by atoms with E-state index in [4.69, 9.17) is 10.1 Å². The molecule has 8 nitrogen and oxygen atoms in total. The van der Waals surface area contributed by atoms with Crippen LogP contribution in [0.4, 0.5) is 0 Å². The van der Waals surface area contributed by atoms with Crippen molar-refractivity contribution in [1.82, 2.24) is 20.5 Å². The van der Waals surface area contributed by atoms with E-state index in [1.165, 1.54) is 4.90 Å². The van der Waals surface area contributed by atoms with Gasteiger partial charge in [0.1, 0.15) is 11.4 Å². The predicted molar refractivity (Wildman–Crippen MR) is 136 cm³/mol. The van der Waals surface area contributed by atoms with Gasteiger partial charge in [0, 0.05) is 42.3 Å². The van der Waals surface area contributed by atoms with E-state index in [0.717, 1.165) is 23.3 Å². The van der Waals surface area contributed by atoms with E-state index in [1.54, 1.807) is 12.4 Å². The Morgan fingerprint density at radius 3 is 2.75 bits per heavy atom. The maximum Gasteiger partial charge on any atom is 0.232 e. The number of amides is 2. The molecule has 2 unspecified atom stereocenters. The molecule has 1 aromatic carbocycles. The van der Waals surface area contributed by atoms with Gasteiger partial charge in [-0.15, -0.1) is 0 Å². The van der Waals surface area contributed by atoms with Gasteiger partial charge in [0.15, 0.2) is 5.96 Å². The molecule has 3 aliphatic rings. The van der Waals surface area contributed by atoms with E-state index in [1.807, 2.05) is 50.2 Å². The van der Waals surface area contributed by atoms with E-state index < -0.39 is 11.6 Å². The number of guanidine groups is 1. The minimum absolute atomic E-state index is 0.0154. The van der Waals surface area contributed by atoms with Gasteiger partial charge in [0.2, 0.25) is 11.8 Å². The maximum absolute atomic E-state index is 13.5. The first-order chi connectivity index (χ1) is 17.1. The highest BCUT2D eigenvalue weighted by atomic mass is 16.5. The topological polar surface area (TPSA) is 107 Å². The Morgan fingerprint density at radius 2 is 2.06 bits per heavy atom. The van der Waals surface area contributed by atoms with Crippen molar-refractivity contribution in [1.29, 1.82) is 5.41 Å². The Hall–Kier alpha value is -3.42. The molecule has 3 heterocycles. The van der Waals surface area contributed by atoms with Crippen molar-refractivity contribution in [3.63, 3.8) is 0 Å². The van der Waals surface area contributed by atoms with Crippen LogP contribution in [0.1, 0.15) is 76.6 Å². The summed E-state index contributed by atoms with van der Waals surface area (Å²) in [4.78, 5) is 32.5. The standard InChI is InChI=1S/C28H35N5O3/c1-5-28(4)14-21(18-10-6-7-11-22(18)36-28)31-25(35)20-13-19(20)24(17-9-8-12-30-16-17)33-23(34)15-27(2,3)32-26(33)29/h6-12,16,19-21,24H,5,13-15H2,1-4H3,(H2,29,32)(H,31,35)/t19-,20-,21?,24-,28?/m1/s1. The van der Waals surface area contributed by atoms with Crippen LogP contribution in [-0.4, -0.2) is 38.8 Å². The number of carbonyl (C=O) groups excluding carboxylic acids is 2. The Bertz CT molecular complexity index is 1160. The van der Waals surface area contributed by atoms with E-state index in [-0.39, 0.29) is 47.7 Å². The van der Waals surface area contributed by atoms with Crippen LogP contribution < -0.4 is 15.4 Å². The first kappa shape index (κ1) is 24.3. The molecule has 1 aromatic heterocycles. The van der Waals surface area contributed by atoms with Gasteiger partial charge in [-0.3, -0.25) is 24.9 Å². The van der Waals surface area contributed by atoms with Crippen LogP contribution in [0.15, 0.2) is 48.8 Å². The van der Waals surface area contributed by atoms with Crippen LogP contribution in [0.2, 0.25) is 0 Å². The molecule has 3 N–H and O–H groups in total. The molecule has 5 atom stereocenters. The molecule has 36 heavy (non-hydrogen) atoms. The summed E-state index contributed by atoms with van der Waals surface area (Å²) >= 11 is 0. The van der Waals surface area contributed by atoms with Gasteiger partial charge in [-0.05, 0) is 57.2 Å². The second kappa shape index (κ2) is 8.91. The molecular formula is C28H35N5O3. The largest absolute Gasteiger partial charge is 0.487 e.